The number of carbonyl (C=O) groups is 2. The Kier molecular flexibility index (Phi) is 4.91. The summed E-state index contributed by atoms with van der Waals surface area (Å²) >= 11 is 0. The standard InChI is InChI=1S/C17H23N3O3/c1-2-15-12-19(7-8-23-15)17(22)13-9-16(21)20(10-13)11-14-5-3-4-6-18-14/h3-6,13,15H,2,7-12H2,1H3. The van der Waals surface area contributed by atoms with Crippen molar-refractivity contribution in [3.63, 3.8) is 0 Å². The molecule has 23 heavy (non-hydrogen) atoms. The van der Waals surface area contributed by atoms with Gasteiger partial charge < -0.3 is 14.5 Å². The summed E-state index contributed by atoms with van der Waals surface area (Å²) in [4.78, 5) is 32.7. The van der Waals surface area contributed by atoms with Gasteiger partial charge in [-0.2, -0.15) is 0 Å². The Labute approximate surface area is 136 Å². The van der Waals surface area contributed by atoms with E-state index in [4.69, 9.17) is 4.74 Å². The summed E-state index contributed by atoms with van der Waals surface area (Å²) in [5.41, 5.74) is 0.853. The van der Waals surface area contributed by atoms with Gasteiger partial charge in [-0.05, 0) is 18.6 Å². The van der Waals surface area contributed by atoms with E-state index < -0.39 is 0 Å². The molecule has 3 rings (SSSR count). The zero-order chi connectivity index (χ0) is 16.2. The number of likely N-dealkylation sites (tertiary alicyclic amines) is 1. The molecule has 6 heteroatoms. The third-order valence-electron chi connectivity index (χ3n) is 4.55. The van der Waals surface area contributed by atoms with Crippen molar-refractivity contribution in [2.75, 3.05) is 26.2 Å². The summed E-state index contributed by atoms with van der Waals surface area (Å²) in [7, 11) is 0. The monoisotopic (exact) mass is 317 g/mol. The number of pyridine rings is 1. The van der Waals surface area contributed by atoms with Crippen molar-refractivity contribution < 1.29 is 14.3 Å². The Morgan fingerprint density at radius 2 is 2.26 bits per heavy atom. The molecule has 0 N–H and O–H groups in total. The molecule has 124 valence electrons. The molecule has 3 heterocycles. The Bertz CT molecular complexity index is 563. The van der Waals surface area contributed by atoms with Crippen LogP contribution in [0.5, 0.6) is 0 Å². The van der Waals surface area contributed by atoms with E-state index in [2.05, 4.69) is 11.9 Å². The van der Waals surface area contributed by atoms with Gasteiger partial charge in [-0.3, -0.25) is 14.6 Å². The summed E-state index contributed by atoms with van der Waals surface area (Å²) in [6.45, 7) is 4.88. The van der Waals surface area contributed by atoms with Gasteiger partial charge in [0.2, 0.25) is 11.8 Å². The number of hydrogen-bond donors (Lipinski definition) is 0. The molecule has 0 spiro atoms. The van der Waals surface area contributed by atoms with Crippen LogP contribution in [0.2, 0.25) is 0 Å². The molecule has 1 aromatic rings. The summed E-state index contributed by atoms with van der Waals surface area (Å²) in [6, 6.07) is 5.66. The summed E-state index contributed by atoms with van der Waals surface area (Å²) in [5.74, 6) is -0.111. The van der Waals surface area contributed by atoms with Crippen molar-refractivity contribution in [3.8, 4) is 0 Å². The molecule has 2 saturated heterocycles. The Hall–Kier alpha value is -1.95. The average Bonchev–Trinajstić information content (AvgIpc) is 2.96. The SMILES string of the molecule is CCC1CN(C(=O)C2CC(=O)N(Cc3ccccn3)C2)CCO1. The molecule has 2 fully saturated rings. The van der Waals surface area contributed by atoms with Crippen molar-refractivity contribution in [2.45, 2.75) is 32.4 Å². The second-order valence-electron chi connectivity index (χ2n) is 6.18. The number of amides is 2. The lowest BCUT2D eigenvalue weighted by molar-refractivity contribution is -0.143. The van der Waals surface area contributed by atoms with Crippen LogP contribution in [0.4, 0.5) is 0 Å². The van der Waals surface area contributed by atoms with Gasteiger partial charge in [0.05, 0.1) is 30.9 Å². The maximum atomic E-state index is 12.7. The number of rotatable bonds is 4. The Balaban J connectivity index is 1.59. The van der Waals surface area contributed by atoms with Gasteiger partial charge in [0, 0.05) is 32.3 Å². The van der Waals surface area contributed by atoms with Crippen molar-refractivity contribution in [1.29, 1.82) is 0 Å². The number of ether oxygens (including phenoxy) is 1. The highest BCUT2D eigenvalue weighted by Crippen LogP contribution is 2.23. The predicted molar refractivity (Wildman–Crippen MR) is 84.4 cm³/mol. The average molecular weight is 317 g/mol. The maximum absolute atomic E-state index is 12.7. The highest BCUT2D eigenvalue weighted by molar-refractivity contribution is 5.89. The van der Waals surface area contributed by atoms with Crippen molar-refractivity contribution in [1.82, 2.24) is 14.8 Å². The minimum Gasteiger partial charge on any atom is -0.375 e. The molecular formula is C17H23N3O3. The first-order valence-electron chi connectivity index (χ1n) is 8.25. The number of nitrogens with zero attached hydrogens (tertiary/aromatic N) is 3. The highest BCUT2D eigenvalue weighted by atomic mass is 16.5. The first-order valence-corrected chi connectivity index (χ1v) is 8.25. The van der Waals surface area contributed by atoms with E-state index in [9.17, 15) is 9.59 Å². The number of hydrogen-bond acceptors (Lipinski definition) is 4. The van der Waals surface area contributed by atoms with Crippen LogP contribution in [-0.4, -0.2) is 58.9 Å². The molecule has 0 bridgehead atoms. The highest BCUT2D eigenvalue weighted by Gasteiger charge is 2.37. The molecule has 6 nitrogen and oxygen atoms in total. The molecule has 1 aromatic heterocycles. The minimum atomic E-state index is -0.234. The van der Waals surface area contributed by atoms with Gasteiger partial charge in [-0.1, -0.05) is 13.0 Å². The second kappa shape index (κ2) is 7.08. The summed E-state index contributed by atoms with van der Waals surface area (Å²) < 4.78 is 5.61. The fourth-order valence-corrected chi connectivity index (χ4v) is 3.20. The molecule has 2 aliphatic rings. The van der Waals surface area contributed by atoms with E-state index in [1.54, 1.807) is 11.1 Å². The quantitative estimate of drug-likeness (QED) is 0.833. The van der Waals surface area contributed by atoms with Crippen LogP contribution in [0.25, 0.3) is 0 Å². The normalized spacial score (nSPS) is 25.0. The van der Waals surface area contributed by atoms with E-state index in [0.29, 0.717) is 39.2 Å². The largest absolute Gasteiger partial charge is 0.375 e. The number of carbonyl (C=O) groups excluding carboxylic acids is 2. The van der Waals surface area contributed by atoms with Crippen molar-refractivity contribution >= 4 is 11.8 Å². The molecule has 0 aliphatic carbocycles. The van der Waals surface area contributed by atoms with E-state index >= 15 is 0 Å². The molecule has 2 aliphatic heterocycles. The van der Waals surface area contributed by atoms with Crippen molar-refractivity contribution in [2.24, 2.45) is 5.92 Å². The zero-order valence-electron chi connectivity index (χ0n) is 13.5. The molecule has 0 saturated carbocycles. The third kappa shape index (κ3) is 3.69. The van der Waals surface area contributed by atoms with Gasteiger partial charge in [-0.15, -0.1) is 0 Å². The van der Waals surface area contributed by atoms with Crippen LogP contribution in [0.3, 0.4) is 0 Å². The lowest BCUT2D eigenvalue weighted by Gasteiger charge is -2.34. The van der Waals surface area contributed by atoms with E-state index in [1.807, 2.05) is 23.1 Å². The van der Waals surface area contributed by atoms with Crippen LogP contribution in [-0.2, 0) is 20.9 Å². The number of morpholine rings is 1. The lowest BCUT2D eigenvalue weighted by atomic mass is 10.1. The minimum absolute atomic E-state index is 0.0364. The maximum Gasteiger partial charge on any atom is 0.228 e. The van der Waals surface area contributed by atoms with Gasteiger partial charge in [0.15, 0.2) is 0 Å². The molecule has 2 unspecified atom stereocenters. The van der Waals surface area contributed by atoms with Crippen LogP contribution in [0.1, 0.15) is 25.5 Å². The fraction of sp³-hybridized carbons (Fsp3) is 0.588. The van der Waals surface area contributed by atoms with Crippen LogP contribution in [0.15, 0.2) is 24.4 Å². The van der Waals surface area contributed by atoms with Crippen LogP contribution >= 0.6 is 0 Å². The molecule has 0 aromatic carbocycles. The van der Waals surface area contributed by atoms with E-state index in [0.717, 1.165) is 12.1 Å². The first-order chi connectivity index (χ1) is 11.2. The van der Waals surface area contributed by atoms with E-state index in [-0.39, 0.29) is 23.8 Å². The van der Waals surface area contributed by atoms with Crippen molar-refractivity contribution in [3.05, 3.63) is 30.1 Å². The summed E-state index contributed by atoms with van der Waals surface area (Å²) in [5, 5.41) is 0. The van der Waals surface area contributed by atoms with Gasteiger partial charge in [0.1, 0.15) is 0 Å². The zero-order valence-corrected chi connectivity index (χ0v) is 13.5. The Morgan fingerprint density at radius 3 is 3.00 bits per heavy atom. The molecule has 0 radical (unpaired) electrons. The summed E-state index contributed by atoms with van der Waals surface area (Å²) in [6.07, 6.45) is 3.05. The fourth-order valence-electron chi connectivity index (χ4n) is 3.20. The third-order valence-corrected chi connectivity index (χ3v) is 4.55. The van der Waals surface area contributed by atoms with Gasteiger partial charge >= 0.3 is 0 Å². The van der Waals surface area contributed by atoms with Crippen LogP contribution < -0.4 is 0 Å². The topological polar surface area (TPSA) is 62.7 Å². The van der Waals surface area contributed by atoms with Gasteiger partial charge in [-0.25, -0.2) is 0 Å². The second-order valence-corrected chi connectivity index (χ2v) is 6.18. The number of aromatic nitrogens is 1. The van der Waals surface area contributed by atoms with Gasteiger partial charge in [0.25, 0.3) is 0 Å². The van der Waals surface area contributed by atoms with E-state index in [1.165, 1.54) is 0 Å². The molecule has 2 atom stereocenters. The molecule has 2 amide bonds. The Morgan fingerprint density at radius 1 is 1.39 bits per heavy atom. The van der Waals surface area contributed by atoms with Crippen LogP contribution in [0, 0.1) is 5.92 Å². The lowest BCUT2D eigenvalue weighted by Crippen LogP contribution is -2.48. The first kappa shape index (κ1) is 15.9. The predicted octanol–water partition coefficient (Wildman–Crippen LogP) is 1.07. The smallest absolute Gasteiger partial charge is 0.228 e. The molecular weight excluding hydrogens is 294 g/mol.